The molecule has 0 bridgehead atoms. The van der Waals surface area contributed by atoms with Crippen LogP contribution in [-0.4, -0.2) is 41.3 Å². The Morgan fingerprint density at radius 2 is 1.91 bits per heavy atom. The Morgan fingerprint density at radius 3 is 2.74 bits per heavy atom. The van der Waals surface area contributed by atoms with Crippen LogP contribution in [-0.2, 0) is 6.54 Å². The summed E-state index contributed by atoms with van der Waals surface area (Å²) in [4.78, 5) is 5.18. The van der Waals surface area contributed by atoms with Gasteiger partial charge in [0.2, 0.25) is 0 Å². The second-order valence-electron chi connectivity index (χ2n) is 6.91. The molecule has 23 heavy (non-hydrogen) atoms. The summed E-state index contributed by atoms with van der Waals surface area (Å²) in [7, 11) is 0. The summed E-state index contributed by atoms with van der Waals surface area (Å²) in [6.07, 6.45) is 7.08. The van der Waals surface area contributed by atoms with Crippen LogP contribution < -0.4 is 4.90 Å². The van der Waals surface area contributed by atoms with Gasteiger partial charge >= 0.3 is 0 Å². The number of rotatable bonds is 4. The summed E-state index contributed by atoms with van der Waals surface area (Å²) in [5.74, 6) is 0.602. The van der Waals surface area contributed by atoms with Crippen molar-refractivity contribution in [2.45, 2.75) is 38.1 Å². The van der Waals surface area contributed by atoms with Crippen LogP contribution in [0.3, 0.4) is 0 Å². The van der Waals surface area contributed by atoms with Crippen molar-refractivity contribution >= 4 is 5.69 Å². The van der Waals surface area contributed by atoms with Crippen molar-refractivity contribution in [3.63, 3.8) is 0 Å². The predicted molar refractivity (Wildman–Crippen MR) is 93.7 cm³/mol. The van der Waals surface area contributed by atoms with Crippen LogP contribution in [0.2, 0.25) is 0 Å². The topological polar surface area (TPSA) is 35.2 Å². The SMILES string of the molecule is c1ccc(N2CCCC2)c(CN2CCC[C@H](c3ccn[nH]3)C2)c1. The van der Waals surface area contributed by atoms with E-state index in [1.54, 1.807) is 0 Å². The molecular formula is C19H26N4. The predicted octanol–water partition coefficient (Wildman–Crippen LogP) is 3.39. The fraction of sp³-hybridized carbons (Fsp3) is 0.526. The smallest absolute Gasteiger partial charge is 0.0490 e. The molecule has 1 aromatic carbocycles. The number of aromatic nitrogens is 2. The van der Waals surface area contributed by atoms with Crippen molar-refractivity contribution < 1.29 is 0 Å². The maximum Gasteiger partial charge on any atom is 0.0490 e. The number of nitrogens with one attached hydrogen (secondary N) is 1. The van der Waals surface area contributed by atoms with Crippen LogP contribution in [0.15, 0.2) is 36.5 Å². The van der Waals surface area contributed by atoms with Gasteiger partial charge in [-0.3, -0.25) is 10.00 Å². The average molecular weight is 310 g/mol. The zero-order valence-corrected chi connectivity index (χ0v) is 13.7. The molecule has 2 fully saturated rings. The van der Waals surface area contributed by atoms with Gasteiger partial charge < -0.3 is 4.90 Å². The monoisotopic (exact) mass is 310 g/mol. The Balaban J connectivity index is 1.47. The Labute approximate surface area is 138 Å². The van der Waals surface area contributed by atoms with E-state index in [0.717, 1.165) is 13.1 Å². The van der Waals surface area contributed by atoms with Crippen LogP contribution in [0, 0.1) is 0 Å². The molecule has 0 unspecified atom stereocenters. The summed E-state index contributed by atoms with van der Waals surface area (Å²) in [5.41, 5.74) is 4.23. The molecule has 4 rings (SSSR count). The number of para-hydroxylation sites is 1. The third-order valence-corrected chi connectivity index (χ3v) is 5.30. The largest absolute Gasteiger partial charge is 0.371 e. The van der Waals surface area contributed by atoms with Gasteiger partial charge in [-0.15, -0.1) is 0 Å². The quantitative estimate of drug-likeness (QED) is 0.940. The van der Waals surface area contributed by atoms with Gasteiger partial charge in [-0.1, -0.05) is 18.2 Å². The highest BCUT2D eigenvalue weighted by Crippen LogP contribution is 2.29. The van der Waals surface area contributed by atoms with E-state index < -0.39 is 0 Å². The van der Waals surface area contributed by atoms with Crippen molar-refractivity contribution in [3.05, 3.63) is 47.8 Å². The van der Waals surface area contributed by atoms with E-state index in [-0.39, 0.29) is 0 Å². The number of hydrogen-bond donors (Lipinski definition) is 1. The van der Waals surface area contributed by atoms with Crippen molar-refractivity contribution in [2.24, 2.45) is 0 Å². The number of likely N-dealkylation sites (tertiary alicyclic amines) is 1. The normalized spacial score (nSPS) is 22.6. The number of anilines is 1. The standard InChI is InChI=1S/C19H26N4/c1-2-8-19(23-12-3-4-13-23)17(6-1)15-22-11-5-7-16(14-22)18-9-10-20-21-18/h1-2,6,8-10,16H,3-5,7,11-15H2,(H,20,21)/t16-/m0/s1. The fourth-order valence-corrected chi connectivity index (χ4v) is 4.10. The number of nitrogens with zero attached hydrogens (tertiary/aromatic N) is 3. The molecule has 4 heteroatoms. The fourth-order valence-electron chi connectivity index (χ4n) is 4.10. The number of H-pyrrole nitrogens is 1. The van der Waals surface area contributed by atoms with Crippen molar-refractivity contribution in [2.75, 3.05) is 31.1 Å². The molecule has 1 atom stereocenters. The van der Waals surface area contributed by atoms with Gasteiger partial charge in [-0.05, 0) is 49.9 Å². The van der Waals surface area contributed by atoms with Crippen molar-refractivity contribution in [1.29, 1.82) is 0 Å². The zero-order valence-electron chi connectivity index (χ0n) is 13.7. The third kappa shape index (κ3) is 3.27. The lowest BCUT2D eigenvalue weighted by atomic mass is 9.94. The minimum absolute atomic E-state index is 0.602. The van der Waals surface area contributed by atoms with Gasteiger partial charge in [-0.2, -0.15) is 5.10 Å². The van der Waals surface area contributed by atoms with Crippen LogP contribution >= 0.6 is 0 Å². The minimum atomic E-state index is 0.602. The van der Waals surface area contributed by atoms with Crippen LogP contribution in [0.5, 0.6) is 0 Å². The van der Waals surface area contributed by atoms with E-state index in [0.29, 0.717) is 5.92 Å². The van der Waals surface area contributed by atoms with Crippen molar-refractivity contribution in [3.8, 4) is 0 Å². The molecule has 0 aliphatic carbocycles. The highest BCUT2D eigenvalue weighted by Gasteiger charge is 2.23. The molecule has 1 N–H and O–H groups in total. The first kappa shape index (κ1) is 14.8. The minimum Gasteiger partial charge on any atom is -0.371 e. The molecule has 3 heterocycles. The number of piperidine rings is 1. The second kappa shape index (κ2) is 6.75. The summed E-state index contributed by atoms with van der Waals surface area (Å²) < 4.78 is 0. The Bertz CT molecular complexity index is 616. The van der Waals surface area contributed by atoms with E-state index >= 15 is 0 Å². The maximum absolute atomic E-state index is 4.12. The van der Waals surface area contributed by atoms with E-state index in [1.807, 2.05) is 6.20 Å². The molecule has 122 valence electrons. The van der Waals surface area contributed by atoms with Crippen LogP contribution in [0.1, 0.15) is 42.9 Å². The van der Waals surface area contributed by atoms with E-state index in [1.165, 1.54) is 62.3 Å². The van der Waals surface area contributed by atoms with Gasteiger partial charge in [0.25, 0.3) is 0 Å². The average Bonchev–Trinajstić information content (AvgIpc) is 3.30. The number of benzene rings is 1. The molecule has 2 saturated heterocycles. The highest BCUT2D eigenvalue weighted by molar-refractivity contribution is 5.54. The van der Waals surface area contributed by atoms with Crippen LogP contribution in [0.4, 0.5) is 5.69 Å². The van der Waals surface area contributed by atoms with Gasteiger partial charge in [0, 0.05) is 49.7 Å². The first-order valence-corrected chi connectivity index (χ1v) is 8.94. The molecule has 1 aromatic heterocycles. The van der Waals surface area contributed by atoms with Gasteiger partial charge in [-0.25, -0.2) is 0 Å². The van der Waals surface area contributed by atoms with Crippen molar-refractivity contribution in [1.82, 2.24) is 15.1 Å². The first-order valence-electron chi connectivity index (χ1n) is 8.94. The zero-order chi connectivity index (χ0) is 15.5. The third-order valence-electron chi connectivity index (χ3n) is 5.30. The first-order chi connectivity index (χ1) is 11.4. The maximum atomic E-state index is 4.12. The van der Waals surface area contributed by atoms with E-state index in [4.69, 9.17) is 0 Å². The number of hydrogen-bond acceptors (Lipinski definition) is 3. The van der Waals surface area contributed by atoms with E-state index in [2.05, 4.69) is 50.3 Å². The Morgan fingerprint density at radius 1 is 1.04 bits per heavy atom. The molecule has 0 saturated carbocycles. The van der Waals surface area contributed by atoms with Gasteiger partial charge in [0.05, 0.1) is 0 Å². The van der Waals surface area contributed by atoms with E-state index in [9.17, 15) is 0 Å². The lowest BCUT2D eigenvalue weighted by Gasteiger charge is -2.33. The summed E-state index contributed by atoms with van der Waals surface area (Å²) in [5, 5.41) is 7.29. The summed E-state index contributed by atoms with van der Waals surface area (Å²) in [6, 6.07) is 11.1. The number of aromatic amines is 1. The molecule has 2 aliphatic heterocycles. The Kier molecular flexibility index (Phi) is 4.33. The van der Waals surface area contributed by atoms with Crippen LogP contribution in [0.25, 0.3) is 0 Å². The molecule has 2 aromatic rings. The molecule has 0 spiro atoms. The molecule has 4 nitrogen and oxygen atoms in total. The molecular weight excluding hydrogens is 284 g/mol. The van der Waals surface area contributed by atoms with Gasteiger partial charge in [0.1, 0.15) is 0 Å². The summed E-state index contributed by atoms with van der Waals surface area (Å²) in [6.45, 7) is 5.84. The Hall–Kier alpha value is -1.81. The highest BCUT2D eigenvalue weighted by atomic mass is 15.2. The molecule has 0 radical (unpaired) electrons. The lowest BCUT2D eigenvalue weighted by molar-refractivity contribution is 0.198. The summed E-state index contributed by atoms with van der Waals surface area (Å²) >= 11 is 0. The lowest BCUT2D eigenvalue weighted by Crippen LogP contribution is -2.34. The second-order valence-corrected chi connectivity index (χ2v) is 6.91. The molecule has 2 aliphatic rings. The molecule has 0 amide bonds. The van der Waals surface area contributed by atoms with Gasteiger partial charge in [0.15, 0.2) is 0 Å².